The van der Waals surface area contributed by atoms with E-state index in [0.717, 1.165) is 30.5 Å². The van der Waals surface area contributed by atoms with Crippen LogP contribution in [0, 0.1) is 18.6 Å². The highest BCUT2D eigenvalue weighted by Crippen LogP contribution is 2.41. The highest BCUT2D eigenvalue weighted by atomic mass is 19.3. The van der Waals surface area contributed by atoms with E-state index in [9.17, 15) is 13.2 Å². The van der Waals surface area contributed by atoms with Crippen LogP contribution in [0.4, 0.5) is 28.9 Å². The Morgan fingerprint density at radius 3 is 2.47 bits per heavy atom. The summed E-state index contributed by atoms with van der Waals surface area (Å²) >= 11 is 0. The summed E-state index contributed by atoms with van der Waals surface area (Å²) < 4.78 is 57.6. The lowest BCUT2D eigenvalue weighted by Gasteiger charge is -2.45. The van der Waals surface area contributed by atoms with E-state index in [0.29, 0.717) is 23.0 Å². The van der Waals surface area contributed by atoms with Gasteiger partial charge in [0.15, 0.2) is 5.82 Å². The zero-order valence-electron chi connectivity index (χ0n) is 19.4. The number of alkyl halides is 2. The van der Waals surface area contributed by atoms with Crippen molar-refractivity contribution >= 4 is 17.2 Å². The molecule has 2 aromatic carbocycles. The molecule has 1 unspecified atom stereocenters. The Labute approximate surface area is 204 Å². The standard InChI is InChI=1S/C25H23F4N7/c1-15-30-14-31-36(15)22-10-7-17(11-20(22)27)32-24-33-23(34-12-25(28,29)13-34)19-3-2-4-21(19)35(24)18-8-5-16(26)6-9-18/h5-11,14,24,32H,2-4,12-13H2,1H3. The molecule has 3 aliphatic rings. The summed E-state index contributed by atoms with van der Waals surface area (Å²) in [4.78, 5) is 12.4. The molecule has 186 valence electrons. The Kier molecular flexibility index (Phi) is 5.24. The number of halogens is 4. The molecule has 0 radical (unpaired) electrons. The predicted octanol–water partition coefficient (Wildman–Crippen LogP) is 4.86. The van der Waals surface area contributed by atoms with Crippen molar-refractivity contribution in [2.75, 3.05) is 23.3 Å². The molecule has 0 saturated carbocycles. The second kappa shape index (κ2) is 8.35. The lowest BCUT2D eigenvalue weighted by atomic mass is 10.0. The molecule has 2 aliphatic heterocycles. The van der Waals surface area contributed by atoms with Gasteiger partial charge in [-0.2, -0.15) is 5.10 Å². The van der Waals surface area contributed by atoms with Gasteiger partial charge in [0, 0.05) is 22.6 Å². The molecule has 7 nitrogen and oxygen atoms in total. The van der Waals surface area contributed by atoms with Crippen LogP contribution in [-0.4, -0.2) is 50.8 Å². The zero-order chi connectivity index (χ0) is 25.0. The van der Waals surface area contributed by atoms with E-state index in [1.54, 1.807) is 36.1 Å². The van der Waals surface area contributed by atoms with Crippen molar-refractivity contribution in [2.45, 2.75) is 38.4 Å². The minimum Gasteiger partial charge on any atom is -0.346 e. The number of likely N-dealkylation sites (tertiary alicyclic amines) is 1. The van der Waals surface area contributed by atoms with E-state index in [1.807, 2.05) is 4.90 Å². The maximum Gasteiger partial charge on any atom is 0.282 e. The largest absolute Gasteiger partial charge is 0.346 e. The highest BCUT2D eigenvalue weighted by Gasteiger charge is 2.48. The number of anilines is 2. The number of aryl methyl sites for hydroxylation is 1. The molecular formula is C25H23F4N7. The number of amidine groups is 1. The predicted molar refractivity (Wildman–Crippen MR) is 127 cm³/mol. The fourth-order valence-electron chi connectivity index (χ4n) is 5.02. The van der Waals surface area contributed by atoms with Crippen LogP contribution in [0.3, 0.4) is 0 Å². The smallest absolute Gasteiger partial charge is 0.282 e. The van der Waals surface area contributed by atoms with Crippen LogP contribution in [0.25, 0.3) is 5.69 Å². The number of hydrogen-bond acceptors (Lipinski definition) is 6. The first-order chi connectivity index (χ1) is 17.3. The van der Waals surface area contributed by atoms with E-state index in [2.05, 4.69) is 15.4 Å². The van der Waals surface area contributed by atoms with Gasteiger partial charge in [-0.3, -0.25) is 0 Å². The number of allylic oxidation sites excluding steroid dienone is 1. The van der Waals surface area contributed by atoms with Crippen molar-refractivity contribution in [3.63, 3.8) is 0 Å². The summed E-state index contributed by atoms with van der Waals surface area (Å²) in [6.07, 6.45) is 2.92. The van der Waals surface area contributed by atoms with E-state index in [4.69, 9.17) is 4.99 Å². The number of aromatic nitrogens is 3. The second-order valence-electron chi connectivity index (χ2n) is 9.19. The van der Waals surface area contributed by atoms with Crippen LogP contribution in [0.5, 0.6) is 0 Å². The van der Waals surface area contributed by atoms with Gasteiger partial charge in [0.2, 0.25) is 6.29 Å². The van der Waals surface area contributed by atoms with Crippen molar-refractivity contribution in [2.24, 2.45) is 4.99 Å². The summed E-state index contributed by atoms with van der Waals surface area (Å²) in [5.41, 5.74) is 3.29. The van der Waals surface area contributed by atoms with Gasteiger partial charge in [-0.1, -0.05) is 0 Å². The van der Waals surface area contributed by atoms with Crippen molar-refractivity contribution in [1.29, 1.82) is 0 Å². The quantitative estimate of drug-likeness (QED) is 0.522. The molecule has 1 aliphatic carbocycles. The maximum absolute atomic E-state index is 15.1. The summed E-state index contributed by atoms with van der Waals surface area (Å²) in [7, 11) is 0. The first kappa shape index (κ1) is 22.6. The fourth-order valence-corrected chi connectivity index (χ4v) is 5.02. The Balaban J connectivity index is 1.37. The molecule has 0 spiro atoms. The number of hydrogen-bond donors (Lipinski definition) is 1. The van der Waals surface area contributed by atoms with Crippen molar-refractivity contribution in [3.8, 4) is 5.69 Å². The monoisotopic (exact) mass is 497 g/mol. The van der Waals surface area contributed by atoms with Crippen LogP contribution in [0.15, 0.2) is 65.1 Å². The molecule has 1 aromatic heterocycles. The number of rotatable bonds is 4. The first-order valence-corrected chi connectivity index (χ1v) is 11.7. The molecule has 3 heterocycles. The van der Waals surface area contributed by atoms with Gasteiger partial charge in [-0.25, -0.2) is 32.2 Å². The Hall–Kier alpha value is -3.89. The van der Waals surface area contributed by atoms with Gasteiger partial charge in [-0.05, 0) is 68.7 Å². The van der Waals surface area contributed by atoms with Gasteiger partial charge in [0.05, 0.1) is 13.1 Å². The van der Waals surface area contributed by atoms with E-state index in [1.165, 1.54) is 29.2 Å². The summed E-state index contributed by atoms with van der Waals surface area (Å²) in [5.74, 6) is -2.53. The first-order valence-electron chi connectivity index (χ1n) is 11.7. The summed E-state index contributed by atoms with van der Waals surface area (Å²) in [6.45, 7) is 0.961. The minimum atomic E-state index is -2.74. The molecule has 11 heteroatoms. The SMILES string of the molecule is Cc1ncnn1-c1ccc(NC2N=C(N3CC(F)(F)C3)C3=C(CCC3)N2c2ccc(F)cc2)cc1F. The molecule has 0 bridgehead atoms. The lowest BCUT2D eigenvalue weighted by Crippen LogP contribution is -2.60. The average molecular weight is 498 g/mol. The van der Waals surface area contributed by atoms with Crippen LogP contribution in [0.2, 0.25) is 0 Å². The van der Waals surface area contributed by atoms with E-state index in [-0.39, 0.29) is 24.6 Å². The minimum absolute atomic E-state index is 0.252. The zero-order valence-corrected chi connectivity index (χ0v) is 19.4. The normalized spacial score (nSPS) is 20.8. The van der Waals surface area contributed by atoms with Crippen LogP contribution >= 0.6 is 0 Å². The number of nitrogens with one attached hydrogen (secondary N) is 1. The molecule has 36 heavy (non-hydrogen) atoms. The van der Waals surface area contributed by atoms with Gasteiger partial charge in [0.25, 0.3) is 5.92 Å². The topological polar surface area (TPSA) is 61.6 Å². The third-order valence-electron chi connectivity index (χ3n) is 6.68. The molecule has 1 saturated heterocycles. The maximum atomic E-state index is 15.1. The molecule has 1 fully saturated rings. The molecule has 3 aromatic rings. The number of aliphatic imine (C=N–C) groups is 1. The van der Waals surface area contributed by atoms with Gasteiger partial charge < -0.3 is 15.1 Å². The highest BCUT2D eigenvalue weighted by molar-refractivity contribution is 6.02. The second-order valence-corrected chi connectivity index (χ2v) is 9.19. The number of benzene rings is 2. The van der Waals surface area contributed by atoms with Gasteiger partial charge in [-0.15, -0.1) is 0 Å². The van der Waals surface area contributed by atoms with E-state index >= 15 is 4.39 Å². The van der Waals surface area contributed by atoms with Crippen molar-refractivity contribution in [1.82, 2.24) is 19.7 Å². The van der Waals surface area contributed by atoms with Gasteiger partial charge >= 0.3 is 0 Å². The average Bonchev–Trinajstić information content (AvgIpc) is 3.47. The Bertz CT molecular complexity index is 1370. The van der Waals surface area contributed by atoms with E-state index < -0.39 is 18.0 Å². The van der Waals surface area contributed by atoms with Crippen LogP contribution in [0.1, 0.15) is 25.1 Å². The van der Waals surface area contributed by atoms with Crippen molar-refractivity contribution in [3.05, 3.63) is 77.5 Å². The Morgan fingerprint density at radius 2 is 1.81 bits per heavy atom. The summed E-state index contributed by atoms with van der Waals surface area (Å²) in [5, 5.41) is 7.31. The summed E-state index contributed by atoms with van der Waals surface area (Å²) in [6, 6.07) is 10.7. The fraction of sp³-hybridized carbons (Fsp3) is 0.320. The van der Waals surface area contributed by atoms with Crippen molar-refractivity contribution < 1.29 is 17.6 Å². The van der Waals surface area contributed by atoms with Crippen LogP contribution < -0.4 is 10.2 Å². The number of nitrogens with zero attached hydrogens (tertiary/aromatic N) is 6. The van der Waals surface area contributed by atoms with Gasteiger partial charge in [0.1, 0.15) is 29.5 Å². The Morgan fingerprint density at radius 1 is 1.03 bits per heavy atom. The third-order valence-corrected chi connectivity index (χ3v) is 6.68. The molecule has 1 atom stereocenters. The molecule has 1 N–H and O–H groups in total. The third kappa shape index (κ3) is 3.88. The molecular weight excluding hydrogens is 474 g/mol. The molecule has 6 rings (SSSR count). The van der Waals surface area contributed by atoms with Crippen LogP contribution in [-0.2, 0) is 0 Å². The molecule has 0 amide bonds. The lowest BCUT2D eigenvalue weighted by molar-refractivity contribution is -0.101.